The normalized spacial score (nSPS) is 12.0. The number of ether oxygens (including phenoxy) is 2. The Morgan fingerprint density at radius 2 is 1.08 bits per heavy atom. The molecule has 148 valence electrons. The van der Waals surface area contributed by atoms with E-state index in [1.165, 1.54) is 91.1 Å². The second-order valence-electron chi connectivity index (χ2n) is 7.01. The molecule has 0 spiro atoms. The zero-order valence-corrected chi connectivity index (χ0v) is 16.8. The molecule has 0 N–H and O–H groups in total. The van der Waals surface area contributed by atoms with Gasteiger partial charge in [-0.2, -0.15) is 0 Å². The first-order valence-corrected chi connectivity index (χ1v) is 10.4. The molecule has 0 radical (unpaired) electrons. The summed E-state index contributed by atoms with van der Waals surface area (Å²) in [7, 11) is 1.28. The molecule has 0 aromatic heterocycles. The van der Waals surface area contributed by atoms with Crippen molar-refractivity contribution in [1.29, 1.82) is 0 Å². The molecule has 1 unspecified atom stereocenters. The first-order chi connectivity index (χ1) is 12.1. The van der Waals surface area contributed by atoms with E-state index in [2.05, 4.69) is 11.7 Å². The summed E-state index contributed by atoms with van der Waals surface area (Å²) in [6.45, 7) is 4.18. The van der Waals surface area contributed by atoms with E-state index in [0.717, 1.165) is 12.8 Å². The number of esters is 2. The Kier molecular flexibility index (Phi) is 17.0. The van der Waals surface area contributed by atoms with Gasteiger partial charge in [-0.05, 0) is 13.3 Å². The molecule has 0 amide bonds. The predicted octanol–water partition coefficient (Wildman–Crippen LogP) is 5.82. The Labute approximate surface area is 155 Å². The summed E-state index contributed by atoms with van der Waals surface area (Å²) in [5.74, 6) is -1.84. The molecule has 0 aliphatic carbocycles. The maximum Gasteiger partial charge on any atom is 0.320 e. The number of hydrogen-bond acceptors (Lipinski definition) is 4. The fourth-order valence-electron chi connectivity index (χ4n) is 2.87. The third-order valence-corrected chi connectivity index (χ3v) is 4.65. The van der Waals surface area contributed by atoms with Gasteiger partial charge in [0.25, 0.3) is 0 Å². The largest absolute Gasteiger partial charge is 0.468 e. The quantitative estimate of drug-likeness (QED) is 0.187. The Morgan fingerprint density at radius 1 is 0.680 bits per heavy atom. The number of unbranched alkanes of at least 4 members (excludes halogenated alkanes) is 13. The van der Waals surface area contributed by atoms with E-state index in [-0.39, 0.29) is 0 Å². The summed E-state index contributed by atoms with van der Waals surface area (Å²) in [5, 5.41) is 0. The van der Waals surface area contributed by atoms with Gasteiger partial charge in [-0.1, -0.05) is 90.4 Å². The number of rotatable bonds is 17. The van der Waals surface area contributed by atoms with Gasteiger partial charge in [-0.3, -0.25) is 9.59 Å². The third-order valence-electron chi connectivity index (χ3n) is 4.65. The van der Waals surface area contributed by atoms with E-state index in [0.29, 0.717) is 6.61 Å². The smallest absolute Gasteiger partial charge is 0.320 e. The molecule has 0 heterocycles. The van der Waals surface area contributed by atoms with E-state index >= 15 is 0 Å². The standard InChI is InChI=1S/C21H40O4/c1-4-5-6-7-8-9-10-11-12-13-14-15-16-17-18-25-21(23)19(2)20(22)24-3/h19H,4-18H2,1-3H3. The van der Waals surface area contributed by atoms with Crippen LogP contribution < -0.4 is 0 Å². The minimum atomic E-state index is -0.823. The van der Waals surface area contributed by atoms with Gasteiger partial charge in [0.05, 0.1) is 13.7 Å². The Hall–Kier alpha value is -1.06. The lowest BCUT2D eigenvalue weighted by Gasteiger charge is -2.09. The van der Waals surface area contributed by atoms with Crippen LogP contribution in [0.5, 0.6) is 0 Å². The molecular weight excluding hydrogens is 316 g/mol. The van der Waals surface area contributed by atoms with Crippen molar-refractivity contribution in [3.63, 3.8) is 0 Å². The molecule has 0 saturated heterocycles. The van der Waals surface area contributed by atoms with Crippen LogP contribution in [0.4, 0.5) is 0 Å². The molecule has 1 atom stereocenters. The molecule has 4 nitrogen and oxygen atoms in total. The maximum atomic E-state index is 11.6. The van der Waals surface area contributed by atoms with E-state index in [4.69, 9.17) is 4.74 Å². The van der Waals surface area contributed by atoms with Crippen LogP contribution >= 0.6 is 0 Å². The highest BCUT2D eigenvalue weighted by Gasteiger charge is 2.23. The van der Waals surface area contributed by atoms with Gasteiger partial charge >= 0.3 is 11.9 Å². The number of carbonyl (C=O) groups excluding carboxylic acids is 2. The van der Waals surface area contributed by atoms with E-state index in [9.17, 15) is 9.59 Å². The monoisotopic (exact) mass is 356 g/mol. The van der Waals surface area contributed by atoms with Crippen molar-refractivity contribution < 1.29 is 19.1 Å². The summed E-state index contributed by atoms with van der Waals surface area (Å²) in [5.41, 5.74) is 0. The number of carbonyl (C=O) groups is 2. The molecule has 0 aromatic carbocycles. The van der Waals surface area contributed by atoms with Crippen molar-refractivity contribution in [3.8, 4) is 0 Å². The molecule has 0 fully saturated rings. The molecule has 0 aliphatic rings. The zero-order chi connectivity index (χ0) is 18.8. The van der Waals surface area contributed by atoms with Crippen molar-refractivity contribution in [2.24, 2.45) is 5.92 Å². The van der Waals surface area contributed by atoms with Crippen molar-refractivity contribution in [2.45, 2.75) is 104 Å². The first-order valence-electron chi connectivity index (χ1n) is 10.4. The SMILES string of the molecule is CCCCCCCCCCCCCCCCOC(=O)C(C)C(=O)OC. The molecule has 0 rings (SSSR count). The van der Waals surface area contributed by atoms with Gasteiger partial charge < -0.3 is 9.47 Å². The molecule has 25 heavy (non-hydrogen) atoms. The number of methoxy groups -OCH3 is 1. The van der Waals surface area contributed by atoms with Crippen LogP contribution in [0.2, 0.25) is 0 Å². The highest BCUT2D eigenvalue weighted by Crippen LogP contribution is 2.13. The molecular formula is C21H40O4. The maximum absolute atomic E-state index is 11.6. The van der Waals surface area contributed by atoms with Gasteiger partial charge in [-0.25, -0.2) is 0 Å². The van der Waals surface area contributed by atoms with Crippen LogP contribution in [0.1, 0.15) is 104 Å². The van der Waals surface area contributed by atoms with Gasteiger partial charge in [0, 0.05) is 0 Å². The average Bonchev–Trinajstić information content (AvgIpc) is 2.63. The van der Waals surface area contributed by atoms with Crippen LogP contribution in [0.3, 0.4) is 0 Å². The van der Waals surface area contributed by atoms with Crippen molar-refractivity contribution in [3.05, 3.63) is 0 Å². The minimum absolute atomic E-state index is 0.401. The van der Waals surface area contributed by atoms with Crippen molar-refractivity contribution >= 4 is 11.9 Å². The average molecular weight is 357 g/mol. The van der Waals surface area contributed by atoms with Gasteiger partial charge in [-0.15, -0.1) is 0 Å². The first kappa shape index (κ1) is 23.9. The summed E-state index contributed by atoms with van der Waals surface area (Å²) < 4.78 is 9.62. The summed E-state index contributed by atoms with van der Waals surface area (Å²) in [4.78, 5) is 22.7. The highest BCUT2D eigenvalue weighted by molar-refractivity contribution is 5.94. The topological polar surface area (TPSA) is 52.6 Å². The lowest BCUT2D eigenvalue weighted by Crippen LogP contribution is -2.24. The zero-order valence-electron chi connectivity index (χ0n) is 16.8. The lowest BCUT2D eigenvalue weighted by molar-refractivity contribution is -0.159. The molecule has 0 aromatic rings. The van der Waals surface area contributed by atoms with Crippen LogP contribution in [-0.2, 0) is 19.1 Å². The fourth-order valence-corrected chi connectivity index (χ4v) is 2.87. The van der Waals surface area contributed by atoms with Crippen LogP contribution in [-0.4, -0.2) is 25.7 Å². The van der Waals surface area contributed by atoms with E-state index in [1.54, 1.807) is 0 Å². The van der Waals surface area contributed by atoms with Gasteiger partial charge in [0.15, 0.2) is 5.92 Å². The summed E-state index contributed by atoms with van der Waals surface area (Å²) in [6, 6.07) is 0. The second kappa shape index (κ2) is 17.8. The van der Waals surface area contributed by atoms with E-state index < -0.39 is 17.9 Å². The van der Waals surface area contributed by atoms with Gasteiger partial charge in [0.1, 0.15) is 0 Å². The Bertz CT molecular complexity index is 328. The fraction of sp³-hybridized carbons (Fsp3) is 0.905. The molecule has 0 aliphatic heterocycles. The van der Waals surface area contributed by atoms with Gasteiger partial charge in [0.2, 0.25) is 0 Å². The second-order valence-corrected chi connectivity index (χ2v) is 7.01. The van der Waals surface area contributed by atoms with Crippen LogP contribution in [0.15, 0.2) is 0 Å². The van der Waals surface area contributed by atoms with E-state index in [1.807, 2.05) is 0 Å². The predicted molar refractivity (Wildman–Crippen MR) is 102 cm³/mol. The Balaban J connectivity index is 3.24. The third kappa shape index (κ3) is 14.9. The van der Waals surface area contributed by atoms with Crippen LogP contribution in [0, 0.1) is 5.92 Å². The lowest BCUT2D eigenvalue weighted by atomic mass is 10.0. The van der Waals surface area contributed by atoms with Crippen LogP contribution in [0.25, 0.3) is 0 Å². The molecule has 0 saturated carbocycles. The minimum Gasteiger partial charge on any atom is -0.468 e. The molecule has 4 heteroatoms. The molecule has 0 bridgehead atoms. The number of hydrogen-bond donors (Lipinski definition) is 0. The highest BCUT2D eigenvalue weighted by atomic mass is 16.5. The summed E-state index contributed by atoms with van der Waals surface area (Å²) >= 11 is 0. The van der Waals surface area contributed by atoms with Crippen molar-refractivity contribution in [2.75, 3.05) is 13.7 Å². The Morgan fingerprint density at radius 3 is 1.48 bits per heavy atom. The summed E-state index contributed by atoms with van der Waals surface area (Å²) in [6.07, 6.45) is 18.2. The van der Waals surface area contributed by atoms with Crippen molar-refractivity contribution in [1.82, 2.24) is 0 Å².